The molecule has 0 aromatic carbocycles. The van der Waals surface area contributed by atoms with Gasteiger partial charge in [0.05, 0.1) is 19.6 Å². The largest absolute Gasteiger partial charge is 0.469 e. The molecule has 0 spiro atoms. The summed E-state index contributed by atoms with van der Waals surface area (Å²) < 4.78 is 12.7. The highest BCUT2D eigenvalue weighted by molar-refractivity contribution is 9.08. The third kappa shape index (κ3) is 2.18. The Morgan fingerprint density at radius 3 is 3.08 bits per heavy atom. The van der Waals surface area contributed by atoms with Crippen LogP contribution in [0.4, 0.5) is 0 Å². The average Bonchev–Trinajstić information content (AvgIpc) is 2.16. The molecule has 2 atom stereocenters. The zero-order chi connectivity index (χ0) is 8.97. The maximum absolute atomic E-state index is 11.2. The Balaban J connectivity index is 2.52. The summed E-state index contributed by atoms with van der Waals surface area (Å²) in [6.45, 7) is 1.13. The number of nitrogens with one attached hydrogen (secondary N) is 1. The highest BCUT2D eigenvalue weighted by atomic mass is 79.9. The minimum Gasteiger partial charge on any atom is -0.469 e. The molecule has 0 aromatic rings. The van der Waals surface area contributed by atoms with Crippen molar-refractivity contribution < 1.29 is 14.3 Å². The molecule has 0 amide bonds. The minimum absolute atomic E-state index is 0.117. The maximum atomic E-state index is 11.2. The third-order valence-electron chi connectivity index (χ3n) is 2.00. The van der Waals surface area contributed by atoms with Gasteiger partial charge in [0.25, 0.3) is 0 Å². The second kappa shape index (κ2) is 4.79. The van der Waals surface area contributed by atoms with E-state index in [1.54, 1.807) is 0 Å². The maximum Gasteiger partial charge on any atom is 0.312 e. The van der Waals surface area contributed by atoms with Crippen LogP contribution in [-0.4, -0.2) is 32.3 Å². The van der Waals surface area contributed by atoms with Crippen molar-refractivity contribution in [2.75, 3.05) is 20.3 Å². The number of halogens is 1. The van der Waals surface area contributed by atoms with Gasteiger partial charge in [0.1, 0.15) is 0 Å². The molecule has 12 heavy (non-hydrogen) atoms. The Morgan fingerprint density at radius 1 is 1.75 bits per heavy atom. The van der Waals surface area contributed by atoms with Gasteiger partial charge in [-0.3, -0.25) is 9.14 Å². The second-order valence-corrected chi connectivity index (χ2v) is 3.17. The van der Waals surface area contributed by atoms with Gasteiger partial charge in [-0.15, -0.1) is 0 Å². The molecule has 70 valence electrons. The van der Waals surface area contributed by atoms with Crippen molar-refractivity contribution in [3.8, 4) is 0 Å². The van der Waals surface area contributed by atoms with Gasteiger partial charge in [-0.1, -0.05) is 0 Å². The van der Waals surface area contributed by atoms with Crippen molar-refractivity contribution in [2.45, 2.75) is 12.5 Å². The van der Waals surface area contributed by atoms with E-state index in [9.17, 15) is 4.79 Å². The van der Waals surface area contributed by atoms with E-state index in [-0.39, 0.29) is 17.9 Å². The molecule has 1 N–H and O–H groups in total. The van der Waals surface area contributed by atoms with E-state index in [0.717, 1.165) is 6.42 Å². The van der Waals surface area contributed by atoms with Crippen LogP contribution in [0, 0.1) is 5.92 Å². The number of methoxy groups -OCH3 is 1. The zero-order valence-electron chi connectivity index (χ0n) is 6.88. The van der Waals surface area contributed by atoms with E-state index in [0.29, 0.717) is 13.2 Å². The highest BCUT2D eigenvalue weighted by Crippen LogP contribution is 2.16. The predicted molar refractivity (Wildman–Crippen MR) is 46.8 cm³/mol. The number of ether oxygens (including phenoxy) is 2. The summed E-state index contributed by atoms with van der Waals surface area (Å²) in [6.07, 6.45) is 0.824. The first kappa shape index (κ1) is 9.95. The molecule has 4 nitrogen and oxygen atoms in total. The lowest BCUT2D eigenvalue weighted by Crippen LogP contribution is -2.43. The fourth-order valence-corrected chi connectivity index (χ4v) is 1.80. The Hall–Kier alpha value is -0.130. The van der Waals surface area contributed by atoms with Crippen LogP contribution < -0.4 is 4.34 Å². The smallest absolute Gasteiger partial charge is 0.312 e. The molecule has 1 saturated heterocycles. The SMILES string of the molecule is COC(=O)[C@H]1COCC[C@H]1NBr. The van der Waals surface area contributed by atoms with Gasteiger partial charge in [0, 0.05) is 28.8 Å². The molecule has 1 rings (SSSR count). The molecule has 5 heteroatoms. The molecule has 1 fully saturated rings. The molecular formula is C7H12BrNO3. The lowest BCUT2D eigenvalue weighted by Gasteiger charge is -2.28. The fraction of sp³-hybridized carbons (Fsp3) is 0.857. The summed E-state index contributed by atoms with van der Waals surface area (Å²) in [5.41, 5.74) is 0. The molecular weight excluding hydrogens is 226 g/mol. The molecule has 0 saturated carbocycles. The molecule has 0 aliphatic carbocycles. The minimum atomic E-state index is -0.216. The summed E-state index contributed by atoms with van der Waals surface area (Å²) in [7, 11) is 1.39. The highest BCUT2D eigenvalue weighted by Gasteiger charge is 2.31. The normalized spacial score (nSPS) is 29.8. The number of esters is 1. The topological polar surface area (TPSA) is 47.6 Å². The summed E-state index contributed by atoms with van der Waals surface area (Å²) in [4.78, 5) is 11.2. The monoisotopic (exact) mass is 237 g/mol. The zero-order valence-corrected chi connectivity index (χ0v) is 8.46. The molecule has 0 bridgehead atoms. The molecule has 0 radical (unpaired) electrons. The van der Waals surface area contributed by atoms with Gasteiger partial charge in [-0.25, -0.2) is 0 Å². The van der Waals surface area contributed by atoms with Gasteiger partial charge < -0.3 is 9.47 Å². The molecule has 0 unspecified atom stereocenters. The summed E-state index contributed by atoms with van der Waals surface area (Å²) in [5, 5.41) is 0. The summed E-state index contributed by atoms with van der Waals surface area (Å²) in [5.74, 6) is -0.408. The Morgan fingerprint density at radius 2 is 2.50 bits per heavy atom. The Bertz CT molecular complexity index is 165. The first-order valence-electron chi connectivity index (χ1n) is 3.81. The van der Waals surface area contributed by atoms with Crippen LogP contribution in [-0.2, 0) is 14.3 Å². The van der Waals surface area contributed by atoms with Crippen molar-refractivity contribution in [3.63, 3.8) is 0 Å². The van der Waals surface area contributed by atoms with E-state index in [1.807, 2.05) is 0 Å². The van der Waals surface area contributed by atoms with Gasteiger partial charge in [0.15, 0.2) is 0 Å². The van der Waals surface area contributed by atoms with Crippen LogP contribution in [0.25, 0.3) is 0 Å². The standard InChI is InChI=1S/C7H12BrNO3/c1-11-7(10)5-4-12-3-2-6(5)9-8/h5-6,9H,2-4H2,1H3/t5-,6+/m0/s1. The van der Waals surface area contributed by atoms with E-state index in [4.69, 9.17) is 4.74 Å². The van der Waals surface area contributed by atoms with Crippen molar-refractivity contribution in [1.29, 1.82) is 0 Å². The van der Waals surface area contributed by atoms with Crippen molar-refractivity contribution >= 4 is 22.1 Å². The van der Waals surface area contributed by atoms with Gasteiger partial charge in [0.2, 0.25) is 0 Å². The quantitative estimate of drug-likeness (QED) is 0.561. The van der Waals surface area contributed by atoms with Gasteiger partial charge in [-0.2, -0.15) is 0 Å². The van der Waals surface area contributed by atoms with Crippen molar-refractivity contribution in [2.24, 2.45) is 5.92 Å². The van der Waals surface area contributed by atoms with Gasteiger partial charge in [-0.05, 0) is 6.42 Å². The van der Waals surface area contributed by atoms with Crippen LogP contribution in [0.5, 0.6) is 0 Å². The van der Waals surface area contributed by atoms with Crippen LogP contribution in [0.2, 0.25) is 0 Å². The van der Waals surface area contributed by atoms with Crippen LogP contribution in [0.1, 0.15) is 6.42 Å². The Labute approximate surface area is 79.9 Å². The Kier molecular flexibility index (Phi) is 3.97. The lowest BCUT2D eigenvalue weighted by molar-refractivity contribution is -0.150. The van der Waals surface area contributed by atoms with Crippen LogP contribution >= 0.6 is 16.1 Å². The third-order valence-corrected chi connectivity index (χ3v) is 2.59. The number of hydrogen-bond donors (Lipinski definition) is 1. The van der Waals surface area contributed by atoms with Gasteiger partial charge >= 0.3 is 5.97 Å². The van der Waals surface area contributed by atoms with Crippen molar-refractivity contribution in [1.82, 2.24) is 4.34 Å². The van der Waals surface area contributed by atoms with Crippen molar-refractivity contribution in [3.05, 3.63) is 0 Å². The predicted octanol–water partition coefficient (Wildman–Crippen LogP) is 0.464. The summed E-state index contributed by atoms with van der Waals surface area (Å²) in [6, 6.07) is 0.117. The van der Waals surface area contributed by atoms with Crippen LogP contribution in [0.3, 0.4) is 0 Å². The van der Waals surface area contributed by atoms with E-state index in [1.165, 1.54) is 7.11 Å². The first-order valence-corrected chi connectivity index (χ1v) is 4.60. The summed E-state index contributed by atoms with van der Waals surface area (Å²) >= 11 is 3.14. The number of carbonyl (C=O) groups excluding carboxylic acids is 1. The van der Waals surface area contributed by atoms with E-state index >= 15 is 0 Å². The molecule has 1 aliphatic rings. The number of carbonyl (C=O) groups is 1. The molecule has 0 aromatic heterocycles. The van der Waals surface area contributed by atoms with E-state index < -0.39 is 0 Å². The van der Waals surface area contributed by atoms with E-state index in [2.05, 4.69) is 25.2 Å². The number of hydrogen-bond acceptors (Lipinski definition) is 4. The van der Waals surface area contributed by atoms with Crippen LogP contribution in [0.15, 0.2) is 0 Å². The fourth-order valence-electron chi connectivity index (χ4n) is 1.25. The second-order valence-electron chi connectivity index (χ2n) is 2.71. The number of rotatable bonds is 2. The molecule has 1 aliphatic heterocycles. The first-order chi connectivity index (χ1) is 5.79. The average molecular weight is 238 g/mol. The molecule has 1 heterocycles. The lowest BCUT2D eigenvalue weighted by atomic mass is 9.97.